The molecule has 1 N–H and O–H groups in total. The lowest BCUT2D eigenvalue weighted by Crippen LogP contribution is -2.05. The van der Waals surface area contributed by atoms with Crippen LogP contribution in [0.1, 0.15) is 18.9 Å². The van der Waals surface area contributed by atoms with Gasteiger partial charge in [-0.3, -0.25) is 4.98 Å². The third-order valence-corrected chi connectivity index (χ3v) is 2.48. The molecule has 0 radical (unpaired) electrons. The summed E-state index contributed by atoms with van der Waals surface area (Å²) in [6, 6.07) is 1.42. The molecule has 0 fully saturated rings. The van der Waals surface area contributed by atoms with Gasteiger partial charge in [0.1, 0.15) is 5.82 Å². The molecule has 0 saturated carbocycles. The number of nitrogens with zero attached hydrogens (tertiary/aromatic N) is 3. The minimum absolute atomic E-state index is 0.367. The lowest BCUT2D eigenvalue weighted by molar-refractivity contribution is 0.622. The van der Waals surface area contributed by atoms with Gasteiger partial charge in [0.05, 0.1) is 11.9 Å². The maximum absolute atomic E-state index is 13.2. The number of rotatable bonds is 4. The highest BCUT2D eigenvalue weighted by Gasteiger charge is 2.07. The number of hydrogen-bond donors (Lipinski definition) is 1. The summed E-state index contributed by atoms with van der Waals surface area (Å²) in [5.74, 6) is 0.190. The molecule has 0 amide bonds. The summed E-state index contributed by atoms with van der Waals surface area (Å²) in [4.78, 5) is 12.4. The van der Waals surface area contributed by atoms with E-state index in [4.69, 9.17) is 0 Å². The first-order valence-corrected chi connectivity index (χ1v) is 5.89. The number of aryl methyl sites for hydroxylation is 1. The molecule has 4 nitrogen and oxygen atoms in total. The third-order valence-electron chi connectivity index (χ3n) is 2.48. The van der Waals surface area contributed by atoms with Crippen LogP contribution in [0.15, 0.2) is 24.7 Å². The molecule has 0 saturated heterocycles. The molecular weight excluding hydrogens is 231 g/mol. The van der Waals surface area contributed by atoms with Crippen molar-refractivity contribution in [3.05, 3.63) is 36.0 Å². The van der Waals surface area contributed by atoms with Crippen molar-refractivity contribution < 1.29 is 4.39 Å². The summed E-state index contributed by atoms with van der Waals surface area (Å²) < 4.78 is 13.2. The van der Waals surface area contributed by atoms with Gasteiger partial charge >= 0.3 is 0 Å². The van der Waals surface area contributed by atoms with Crippen molar-refractivity contribution in [3.63, 3.8) is 0 Å². The van der Waals surface area contributed by atoms with Crippen molar-refractivity contribution in [3.8, 4) is 11.3 Å². The van der Waals surface area contributed by atoms with Crippen molar-refractivity contribution in [1.29, 1.82) is 0 Å². The summed E-state index contributed by atoms with van der Waals surface area (Å²) in [6.07, 6.45) is 5.50. The number of halogens is 1. The first-order chi connectivity index (χ1) is 8.70. The van der Waals surface area contributed by atoms with Crippen LogP contribution in [0.4, 0.5) is 10.3 Å². The lowest BCUT2D eigenvalue weighted by atomic mass is 10.1. The highest BCUT2D eigenvalue weighted by molar-refractivity contribution is 5.62. The minimum Gasteiger partial charge on any atom is -0.354 e. The van der Waals surface area contributed by atoms with Gasteiger partial charge < -0.3 is 5.32 Å². The zero-order valence-corrected chi connectivity index (χ0v) is 10.4. The predicted molar refractivity (Wildman–Crippen MR) is 68.7 cm³/mol. The van der Waals surface area contributed by atoms with E-state index in [2.05, 4.69) is 27.2 Å². The monoisotopic (exact) mass is 246 g/mol. The Kier molecular flexibility index (Phi) is 3.82. The van der Waals surface area contributed by atoms with E-state index in [-0.39, 0.29) is 5.82 Å². The zero-order chi connectivity index (χ0) is 13.0. The summed E-state index contributed by atoms with van der Waals surface area (Å²) >= 11 is 0. The van der Waals surface area contributed by atoms with E-state index < -0.39 is 0 Å². The van der Waals surface area contributed by atoms with E-state index >= 15 is 0 Å². The SMILES string of the molecule is CCCNc1ncc(C)c(-c2cncc(F)c2)n1. The van der Waals surface area contributed by atoms with Gasteiger partial charge in [0, 0.05) is 24.5 Å². The molecule has 0 spiro atoms. The Hall–Kier alpha value is -2.04. The van der Waals surface area contributed by atoms with Gasteiger partial charge in [-0.15, -0.1) is 0 Å². The molecule has 0 aliphatic heterocycles. The Morgan fingerprint density at radius 1 is 1.28 bits per heavy atom. The fourth-order valence-electron chi connectivity index (χ4n) is 1.60. The molecule has 5 heteroatoms. The van der Waals surface area contributed by atoms with Crippen molar-refractivity contribution in [2.24, 2.45) is 0 Å². The Labute approximate surface area is 105 Å². The normalized spacial score (nSPS) is 10.4. The second-order valence-electron chi connectivity index (χ2n) is 4.04. The smallest absolute Gasteiger partial charge is 0.223 e. The molecule has 0 aliphatic rings. The molecule has 0 aromatic carbocycles. The number of pyridine rings is 1. The van der Waals surface area contributed by atoms with Gasteiger partial charge in [0.25, 0.3) is 0 Å². The average molecular weight is 246 g/mol. The molecule has 0 aliphatic carbocycles. The van der Waals surface area contributed by atoms with Crippen LogP contribution >= 0.6 is 0 Å². The fourth-order valence-corrected chi connectivity index (χ4v) is 1.60. The third kappa shape index (κ3) is 2.80. The Morgan fingerprint density at radius 2 is 2.11 bits per heavy atom. The van der Waals surface area contributed by atoms with Crippen LogP contribution in [0.25, 0.3) is 11.3 Å². The fraction of sp³-hybridized carbons (Fsp3) is 0.308. The quantitative estimate of drug-likeness (QED) is 0.901. The van der Waals surface area contributed by atoms with E-state index in [0.717, 1.165) is 18.5 Å². The van der Waals surface area contributed by atoms with E-state index in [0.29, 0.717) is 17.2 Å². The molecule has 0 bridgehead atoms. The van der Waals surface area contributed by atoms with Gasteiger partial charge in [0.15, 0.2) is 0 Å². The maximum Gasteiger partial charge on any atom is 0.223 e. The lowest BCUT2D eigenvalue weighted by Gasteiger charge is -2.08. The molecule has 2 heterocycles. The van der Waals surface area contributed by atoms with Crippen LogP contribution in [-0.2, 0) is 0 Å². The highest BCUT2D eigenvalue weighted by Crippen LogP contribution is 2.21. The highest BCUT2D eigenvalue weighted by atomic mass is 19.1. The van der Waals surface area contributed by atoms with Crippen LogP contribution in [0.5, 0.6) is 0 Å². The van der Waals surface area contributed by atoms with Crippen LogP contribution in [-0.4, -0.2) is 21.5 Å². The molecule has 94 valence electrons. The maximum atomic E-state index is 13.2. The van der Waals surface area contributed by atoms with Crippen molar-refractivity contribution in [2.75, 3.05) is 11.9 Å². The molecular formula is C13H15FN4. The van der Waals surface area contributed by atoms with Gasteiger partial charge in [-0.1, -0.05) is 6.92 Å². The minimum atomic E-state index is -0.367. The Balaban J connectivity index is 2.37. The molecule has 18 heavy (non-hydrogen) atoms. The van der Waals surface area contributed by atoms with E-state index in [1.807, 2.05) is 6.92 Å². The molecule has 2 aromatic heterocycles. The summed E-state index contributed by atoms with van der Waals surface area (Å²) in [7, 11) is 0. The second-order valence-corrected chi connectivity index (χ2v) is 4.04. The average Bonchev–Trinajstić information content (AvgIpc) is 2.38. The Bertz CT molecular complexity index is 542. The molecule has 0 atom stereocenters. The van der Waals surface area contributed by atoms with Crippen molar-refractivity contribution in [1.82, 2.24) is 15.0 Å². The molecule has 2 rings (SSSR count). The number of nitrogens with one attached hydrogen (secondary N) is 1. The topological polar surface area (TPSA) is 50.7 Å². The number of aromatic nitrogens is 3. The van der Waals surface area contributed by atoms with Crippen LogP contribution in [0.2, 0.25) is 0 Å². The van der Waals surface area contributed by atoms with Crippen molar-refractivity contribution in [2.45, 2.75) is 20.3 Å². The summed E-state index contributed by atoms with van der Waals surface area (Å²) in [5, 5.41) is 3.11. The largest absolute Gasteiger partial charge is 0.354 e. The first-order valence-electron chi connectivity index (χ1n) is 5.89. The Morgan fingerprint density at radius 3 is 2.83 bits per heavy atom. The van der Waals surface area contributed by atoms with Crippen LogP contribution in [0, 0.1) is 12.7 Å². The summed E-state index contributed by atoms with van der Waals surface area (Å²) in [6.45, 7) is 4.77. The van der Waals surface area contributed by atoms with E-state index in [1.165, 1.54) is 12.3 Å². The first kappa shape index (κ1) is 12.4. The number of anilines is 1. The van der Waals surface area contributed by atoms with Crippen LogP contribution < -0.4 is 5.32 Å². The zero-order valence-electron chi connectivity index (χ0n) is 10.4. The summed E-state index contributed by atoms with van der Waals surface area (Å²) in [5.41, 5.74) is 2.26. The van der Waals surface area contributed by atoms with E-state index in [9.17, 15) is 4.39 Å². The second kappa shape index (κ2) is 5.53. The predicted octanol–water partition coefficient (Wildman–Crippen LogP) is 2.81. The number of hydrogen-bond acceptors (Lipinski definition) is 4. The van der Waals surface area contributed by atoms with Crippen molar-refractivity contribution >= 4 is 5.95 Å². The van der Waals surface area contributed by atoms with Crippen LogP contribution in [0.3, 0.4) is 0 Å². The molecule has 0 unspecified atom stereocenters. The van der Waals surface area contributed by atoms with E-state index in [1.54, 1.807) is 12.4 Å². The van der Waals surface area contributed by atoms with Gasteiger partial charge in [0.2, 0.25) is 5.95 Å². The van der Waals surface area contributed by atoms with Gasteiger partial charge in [-0.2, -0.15) is 0 Å². The van der Waals surface area contributed by atoms with Gasteiger partial charge in [-0.05, 0) is 25.0 Å². The van der Waals surface area contributed by atoms with Gasteiger partial charge in [-0.25, -0.2) is 14.4 Å². The molecule has 2 aromatic rings. The standard InChI is InChI=1S/C13H15FN4/c1-3-4-16-13-17-6-9(2)12(18-13)10-5-11(14)8-15-7-10/h5-8H,3-4H2,1-2H3,(H,16,17,18).